The van der Waals surface area contributed by atoms with Gasteiger partial charge >= 0.3 is 0 Å². The maximum atomic E-state index is 11.7. The summed E-state index contributed by atoms with van der Waals surface area (Å²) in [4.78, 5) is 22.6. The van der Waals surface area contributed by atoms with Gasteiger partial charge in [0, 0.05) is 30.7 Å². The predicted molar refractivity (Wildman–Crippen MR) is 73.3 cm³/mol. The number of benzene rings is 1. The van der Waals surface area contributed by atoms with Crippen LogP contribution < -0.4 is 5.32 Å². The molecule has 1 amide bonds. The van der Waals surface area contributed by atoms with E-state index in [1.54, 1.807) is 26.2 Å². The van der Waals surface area contributed by atoms with Gasteiger partial charge in [-0.3, -0.25) is 14.9 Å². The van der Waals surface area contributed by atoms with Crippen molar-refractivity contribution in [2.24, 2.45) is 0 Å². The average Bonchev–Trinajstić information content (AvgIpc) is 2.39. The van der Waals surface area contributed by atoms with E-state index in [4.69, 9.17) is 4.74 Å². The van der Waals surface area contributed by atoms with E-state index in [0.717, 1.165) is 4.90 Å². The highest BCUT2D eigenvalue weighted by molar-refractivity contribution is 8.00. The van der Waals surface area contributed by atoms with Crippen LogP contribution in [0.4, 0.5) is 5.69 Å². The summed E-state index contributed by atoms with van der Waals surface area (Å²) in [6.07, 6.45) is 0. The minimum atomic E-state index is -0.449. The fraction of sp³-hybridized carbons (Fsp3) is 0.417. The summed E-state index contributed by atoms with van der Waals surface area (Å²) < 4.78 is 4.84. The zero-order valence-electron chi connectivity index (χ0n) is 10.8. The van der Waals surface area contributed by atoms with Gasteiger partial charge in [-0.05, 0) is 19.1 Å². The van der Waals surface area contributed by atoms with E-state index in [9.17, 15) is 14.9 Å². The first-order valence-electron chi connectivity index (χ1n) is 5.72. The first kappa shape index (κ1) is 15.5. The Morgan fingerprint density at radius 3 is 2.63 bits per heavy atom. The monoisotopic (exact) mass is 284 g/mol. The third kappa shape index (κ3) is 5.27. The minimum absolute atomic E-state index is 0.0431. The number of hydrogen-bond donors (Lipinski definition) is 1. The van der Waals surface area contributed by atoms with Crippen LogP contribution >= 0.6 is 11.8 Å². The van der Waals surface area contributed by atoms with Crippen molar-refractivity contribution < 1.29 is 14.5 Å². The molecule has 1 rings (SSSR count). The van der Waals surface area contributed by atoms with Crippen LogP contribution in [0.2, 0.25) is 0 Å². The molecule has 0 aliphatic heterocycles. The summed E-state index contributed by atoms with van der Waals surface area (Å²) in [5.41, 5.74) is 0.0431. The number of nitrogens with zero attached hydrogens (tertiary/aromatic N) is 1. The number of thioether (sulfide) groups is 1. The second kappa shape index (κ2) is 7.75. The van der Waals surface area contributed by atoms with Gasteiger partial charge in [0.1, 0.15) is 0 Å². The summed E-state index contributed by atoms with van der Waals surface area (Å²) in [6.45, 7) is 2.73. The number of nitro benzene ring substituents is 1. The SMILES string of the molecule is COCCNC(=O)[C@@H](C)Sc1ccc([N+](=O)[O-])cc1. The summed E-state index contributed by atoms with van der Waals surface area (Å²) in [7, 11) is 1.57. The average molecular weight is 284 g/mol. The summed E-state index contributed by atoms with van der Waals surface area (Å²) in [5, 5.41) is 13.0. The largest absolute Gasteiger partial charge is 0.383 e. The van der Waals surface area contributed by atoms with Crippen LogP contribution in [-0.4, -0.2) is 36.3 Å². The Hall–Kier alpha value is -1.60. The Balaban J connectivity index is 2.49. The number of carbonyl (C=O) groups excluding carboxylic acids is 1. The van der Waals surface area contributed by atoms with Crippen molar-refractivity contribution in [3.8, 4) is 0 Å². The molecule has 1 aromatic rings. The molecule has 7 heteroatoms. The van der Waals surface area contributed by atoms with Gasteiger partial charge in [-0.15, -0.1) is 11.8 Å². The van der Waals surface area contributed by atoms with E-state index >= 15 is 0 Å². The van der Waals surface area contributed by atoms with Crippen molar-refractivity contribution in [1.82, 2.24) is 5.32 Å². The standard InChI is InChI=1S/C12H16N2O4S/c1-9(12(15)13-7-8-18-2)19-11-5-3-10(4-6-11)14(16)17/h3-6,9H,7-8H2,1-2H3,(H,13,15)/t9-/m1/s1. The maximum absolute atomic E-state index is 11.7. The molecule has 0 aliphatic carbocycles. The van der Waals surface area contributed by atoms with Crippen molar-refractivity contribution >= 4 is 23.4 Å². The number of hydrogen-bond acceptors (Lipinski definition) is 5. The van der Waals surface area contributed by atoms with Gasteiger partial charge in [-0.25, -0.2) is 0 Å². The zero-order chi connectivity index (χ0) is 14.3. The van der Waals surface area contributed by atoms with Crippen LogP contribution in [-0.2, 0) is 9.53 Å². The van der Waals surface area contributed by atoms with Crippen molar-refractivity contribution in [2.75, 3.05) is 20.3 Å². The molecule has 0 radical (unpaired) electrons. The molecular weight excluding hydrogens is 268 g/mol. The highest BCUT2D eigenvalue weighted by Gasteiger charge is 2.14. The van der Waals surface area contributed by atoms with Crippen LogP contribution in [0, 0.1) is 10.1 Å². The van der Waals surface area contributed by atoms with Crippen molar-refractivity contribution in [1.29, 1.82) is 0 Å². The molecule has 0 spiro atoms. The second-order valence-corrected chi connectivity index (χ2v) is 5.21. The highest BCUT2D eigenvalue weighted by Crippen LogP contribution is 2.25. The van der Waals surface area contributed by atoms with E-state index in [2.05, 4.69) is 5.32 Å². The van der Waals surface area contributed by atoms with Crippen LogP contribution in [0.1, 0.15) is 6.92 Å². The molecule has 0 heterocycles. The number of ether oxygens (including phenoxy) is 1. The topological polar surface area (TPSA) is 81.5 Å². The Morgan fingerprint density at radius 1 is 1.47 bits per heavy atom. The van der Waals surface area contributed by atoms with Gasteiger partial charge in [0.2, 0.25) is 5.91 Å². The lowest BCUT2D eigenvalue weighted by molar-refractivity contribution is -0.384. The van der Waals surface area contributed by atoms with E-state index in [-0.39, 0.29) is 16.8 Å². The third-order valence-corrected chi connectivity index (χ3v) is 3.45. The van der Waals surface area contributed by atoms with Gasteiger partial charge in [0.05, 0.1) is 16.8 Å². The first-order valence-corrected chi connectivity index (χ1v) is 6.60. The van der Waals surface area contributed by atoms with Crippen molar-refractivity contribution in [3.05, 3.63) is 34.4 Å². The van der Waals surface area contributed by atoms with Crippen molar-refractivity contribution in [2.45, 2.75) is 17.1 Å². The predicted octanol–water partition coefficient (Wildman–Crippen LogP) is 1.84. The molecule has 19 heavy (non-hydrogen) atoms. The van der Waals surface area contributed by atoms with Crippen molar-refractivity contribution in [3.63, 3.8) is 0 Å². The summed E-state index contributed by atoms with van der Waals surface area (Å²) >= 11 is 1.35. The van der Waals surface area contributed by atoms with Crippen LogP contribution in [0.3, 0.4) is 0 Å². The fourth-order valence-corrected chi connectivity index (χ4v) is 2.22. The Labute approximate surface area is 115 Å². The van der Waals surface area contributed by atoms with Gasteiger partial charge in [0.25, 0.3) is 5.69 Å². The number of non-ortho nitro benzene ring substituents is 1. The molecule has 0 saturated heterocycles. The molecule has 104 valence electrons. The van der Waals surface area contributed by atoms with Gasteiger partial charge < -0.3 is 10.1 Å². The summed E-state index contributed by atoms with van der Waals surface area (Å²) in [5.74, 6) is -0.0830. The molecule has 1 atom stereocenters. The second-order valence-electron chi connectivity index (χ2n) is 3.79. The molecule has 6 nitrogen and oxygen atoms in total. The van der Waals surface area contributed by atoms with Crippen LogP contribution in [0.25, 0.3) is 0 Å². The molecular formula is C12H16N2O4S. The van der Waals surface area contributed by atoms with E-state index in [1.807, 2.05) is 0 Å². The number of amides is 1. The Morgan fingerprint density at radius 2 is 2.11 bits per heavy atom. The highest BCUT2D eigenvalue weighted by atomic mass is 32.2. The zero-order valence-corrected chi connectivity index (χ0v) is 11.6. The summed E-state index contributed by atoms with van der Waals surface area (Å²) in [6, 6.07) is 6.14. The lowest BCUT2D eigenvalue weighted by atomic mass is 10.3. The normalized spacial score (nSPS) is 11.9. The molecule has 0 unspecified atom stereocenters. The fourth-order valence-electron chi connectivity index (χ4n) is 1.32. The third-order valence-electron chi connectivity index (χ3n) is 2.34. The molecule has 0 fully saturated rings. The van der Waals surface area contributed by atoms with Gasteiger partial charge in [-0.1, -0.05) is 0 Å². The number of nitro groups is 1. The van der Waals surface area contributed by atoms with Gasteiger partial charge in [0.15, 0.2) is 0 Å². The lowest BCUT2D eigenvalue weighted by Crippen LogP contribution is -2.33. The molecule has 1 aromatic carbocycles. The Kier molecular flexibility index (Phi) is 6.31. The molecule has 0 aliphatic rings. The van der Waals surface area contributed by atoms with E-state index in [0.29, 0.717) is 13.2 Å². The number of carbonyl (C=O) groups is 1. The Bertz CT molecular complexity index is 436. The number of methoxy groups -OCH3 is 1. The minimum Gasteiger partial charge on any atom is -0.383 e. The van der Waals surface area contributed by atoms with Crippen LogP contribution in [0.15, 0.2) is 29.2 Å². The number of rotatable bonds is 7. The van der Waals surface area contributed by atoms with E-state index < -0.39 is 4.92 Å². The van der Waals surface area contributed by atoms with Gasteiger partial charge in [-0.2, -0.15) is 0 Å². The van der Waals surface area contributed by atoms with E-state index in [1.165, 1.54) is 23.9 Å². The lowest BCUT2D eigenvalue weighted by Gasteiger charge is -2.11. The van der Waals surface area contributed by atoms with Crippen LogP contribution in [0.5, 0.6) is 0 Å². The molecule has 0 bridgehead atoms. The maximum Gasteiger partial charge on any atom is 0.269 e. The smallest absolute Gasteiger partial charge is 0.269 e. The molecule has 0 saturated carbocycles. The number of nitrogens with one attached hydrogen (secondary N) is 1. The molecule has 0 aromatic heterocycles. The first-order chi connectivity index (χ1) is 9.04. The quantitative estimate of drug-likeness (QED) is 0.357. The molecule has 1 N–H and O–H groups in total.